The molecule has 1 N–H and O–H groups in total. The van der Waals surface area contributed by atoms with Crippen molar-refractivity contribution >= 4 is 11.7 Å². The van der Waals surface area contributed by atoms with Crippen molar-refractivity contribution < 1.29 is 14.3 Å². The van der Waals surface area contributed by atoms with Crippen LogP contribution in [0.25, 0.3) is 0 Å². The summed E-state index contributed by atoms with van der Waals surface area (Å²) in [5.41, 5.74) is 1.34. The Labute approximate surface area is 123 Å². The van der Waals surface area contributed by atoms with Gasteiger partial charge in [-0.2, -0.15) is 0 Å². The molecule has 4 heteroatoms. The van der Waals surface area contributed by atoms with Crippen LogP contribution < -0.4 is 5.32 Å². The molecule has 108 valence electrons. The minimum atomic E-state index is -0.271. The Hall–Kier alpha value is -2.46. The topological polar surface area (TPSA) is 55.4 Å². The van der Waals surface area contributed by atoms with Crippen LogP contribution >= 0.6 is 0 Å². The summed E-state index contributed by atoms with van der Waals surface area (Å²) in [5.74, 6) is -0.431. The van der Waals surface area contributed by atoms with Crippen molar-refractivity contribution in [2.75, 3.05) is 20.3 Å². The maximum atomic E-state index is 12.5. The molecule has 0 aliphatic heterocycles. The monoisotopic (exact) mass is 283 g/mol. The number of hydrogen-bond donors (Lipinski definition) is 1. The second kappa shape index (κ2) is 7.36. The minimum absolute atomic E-state index is 0.159. The van der Waals surface area contributed by atoms with Crippen molar-refractivity contribution in [1.29, 1.82) is 0 Å². The molecular formula is C17H17NO3. The lowest BCUT2D eigenvalue weighted by molar-refractivity contribution is 0.0927. The van der Waals surface area contributed by atoms with Crippen molar-refractivity contribution in [3.8, 4) is 0 Å². The molecule has 0 atom stereocenters. The number of ether oxygens (including phenoxy) is 1. The highest BCUT2D eigenvalue weighted by molar-refractivity contribution is 6.15. The van der Waals surface area contributed by atoms with Gasteiger partial charge in [-0.3, -0.25) is 9.59 Å². The summed E-state index contributed by atoms with van der Waals surface area (Å²) >= 11 is 0. The van der Waals surface area contributed by atoms with Gasteiger partial charge in [0.05, 0.1) is 12.2 Å². The van der Waals surface area contributed by atoms with Gasteiger partial charge in [-0.15, -0.1) is 0 Å². The number of benzene rings is 2. The Morgan fingerprint density at radius 2 is 1.57 bits per heavy atom. The molecule has 2 aromatic carbocycles. The van der Waals surface area contributed by atoms with E-state index in [0.29, 0.717) is 29.8 Å². The third kappa shape index (κ3) is 3.77. The molecular weight excluding hydrogens is 266 g/mol. The Kier molecular flexibility index (Phi) is 5.23. The summed E-state index contributed by atoms with van der Waals surface area (Å²) in [6.45, 7) is 0.837. The molecule has 2 rings (SSSR count). The molecule has 0 aliphatic carbocycles. The van der Waals surface area contributed by atoms with Gasteiger partial charge in [-0.05, 0) is 6.07 Å². The van der Waals surface area contributed by atoms with Crippen molar-refractivity contribution in [2.45, 2.75) is 0 Å². The first-order chi connectivity index (χ1) is 10.2. The lowest BCUT2D eigenvalue weighted by Crippen LogP contribution is -2.28. The average molecular weight is 283 g/mol. The lowest BCUT2D eigenvalue weighted by Gasteiger charge is -2.09. The lowest BCUT2D eigenvalue weighted by atomic mass is 9.98. The van der Waals surface area contributed by atoms with Gasteiger partial charge in [-0.1, -0.05) is 48.5 Å². The summed E-state index contributed by atoms with van der Waals surface area (Å²) in [5, 5.41) is 2.73. The normalized spacial score (nSPS) is 10.1. The molecule has 0 saturated heterocycles. The maximum absolute atomic E-state index is 12.5. The van der Waals surface area contributed by atoms with Gasteiger partial charge in [0.2, 0.25) is 0 Å². The maximum Gasteiger partial charge on any atom is 0.252 e. The van der Waals surface area contributed by atoms with Crippen LogP contribution in [-0.2, 0) is 4.74 Å². The molecule has 0 spiro atoms. The number of amides is 1. The quantitative estimate of drug-likeness (QED) is 0.653. The third-order valence-corrected chi connectivity index (χ3v) is 3.04. The van der Waals surface area contributed by atoms with Crippen LogP contribution in [0.2, 0.25) is 0 Å². The number of nitrogens with one attached hydrogen (secondary N) is 1. The summed E-state index contributed by atoms with van der Waals surface area (Å²) in [6, 6.07) is 15.7. The number of rotatable bonds is 6. The zero-order valence-corrected chi connectivity index (χ0v) is 11.8. The van der Waals surface area contributed by atoms with E-state index < -0.39 is 0 Å². The van der Waals surface area contributed by atoms with E-state index in [2.05, 4.69) is 5.32 Å². The number of hydrogen-bond acceptors (Lipinski definition) is 3. The molecule has 0 saturated carbocycles. The molecule has 0 unspecified atom stereocenters. The van der Waals surface area contributed by atoms with Crippen LogP contribution in [0.4, 0.5) is 0 Å². The second-order valence-corrected chi connectivity index (χ2v) is 4.49. The van der Waals surface area contributed by atoms with Gasteiger partial charge in [0.15, 0.2) is 5.78 Å². The summed E-state index contributed by atoms with van der Waals surface area (Å²) in [7, 11) is 1.57. The summed E-state index contributed by atoms with van der Waals surface area (Å²) in [4.78, 5) is 24.7. The Morgan fingerprint density at radius 3 is 2.24 bits per heavy atom. The van der Waals surface area contributed by atoms with E-state index in [1.807, 2.05) is 6.07 Å². The number of ketones is 1. The standard InChI is InChI=1S/C17H17NO3/c1-21-12-11-18-17(20)15-10-6-5-9-14(15)16(19)13-7-3-2-4-8-13/h2-10H,11-12H2,1H3,(H,18,20). The molecule has 0 heterocycles. The Balaban J connectivity index is 2.25. The Morgan fingerprint density at radius 1 is 0.952 bits per heavy atom. The first kappa shape index (κ1) is 14.9. The van der Waals surface area contributed by atoms with Crippen LogP contribution in [0.1, 0.15) is 26.3 Å². The average Bonchev–Trinajstić information content (AvgIpc) is 2.55. The highest BCUT2D eigenvalue weighted by Crippen LogP contribution is 2.14. The van der Waals surface area contributed by atoms with Gasteiger partial charge in [0.25, 0.3) is 5.91 Å². The molecule has 1 amide bonds. The first-order valence-corrected chi connectivity index (χ1v) is 6.70. The van der Waals surface area contributed by atoms with E-state index in [1.165, 1.54) is 0 Å². The van der Waals surface area contributed by atoms with E-state index in [1.54, 1.807) is 55.6 Å². The zero-order chi connectivity index (χ0) is 15.1. The fourth-order valence-corrected chi connectivity index (χ4v) is 1.99. The van der Waals surface area contributed by atoms with Crippen LogP contribution in [0.15, 0.2) is 54.6 Å². The third-order valence-electron chi connectivity index (χ3n) is 3.04. The van der Waals surface area contributed by atoms with Crippen LogP contribution in [0.3, 0.4) is 0 Å². The van der Waals surface area contributed by atoms with E-state index in [9.17, 15) is 9.59 Å². The molecule has 21 heavy (non-hydrogen) atoms. The number of carbonyl (C=O) groups excluding carboxylic acids is 2. The van der Waals surface area contributed by atoms with Gasteiger partial charge in [-0.25, -0.2) is 0 Å². The second-order valence-electron chi connectivity index (χ2n) is 4.49. The summed E-state index contributed by atoms with van der Waals surface area (Å²) in [6.07, 6.45) is 0. The largest absolute Gasteiger partial charge is 0.383 e. The SMILES string of the molecule is COCCNC(=O)c1ccccc1C(=O)c1ccccc1. The highest BCUT2D eigenvalue weighted by Gasteiger charge is 2.17. The van der Waals surface area contributed by atoms with Crippen molar-refractivity contribution in [3.63, 3.8) is 0 Å². The number of carbonyl (C=O) groups is 2. The van der Waals surface area contributed by atoms with Crippen LogP contribution in [-0.4, -0.2) is 32.0 Å². The Bertz CT molecular complexity index is 623. The van der Waals surface area contributed by atoms with Crippen molar-refractivity contribution in [1.82, 2.24) is 5.32 Å². The van der Waals surface area contributed by atoms with Crippen molar-refractivity contribution in [2.24, 2.45) is 0 Å². The fraction of sp³-hybridized carbons (Fsp3) is 0.176. The first-order valence-electron chi connectivity index (χ1n) is 6.70. The van der Waals surface area contributed by atoms with E-state index in [-0.39, 0.29) is 11.7 Å². The van der Waals surface area contributed by atoms with Crippen LogP contribution in [0, 0.1) is 0 Å². The van der Waals surface area contributed by atoms with Crippen molar-refractivity contribution in [3.05, 3.63) is 71.3 Å². The van der Waals surface area contributed by atoms with E-state index in [4.69, 9.17) is 4.74 Å². The van der Waals surface area contributed by atoms with Gasteiger partial charge < -0.3 is 10.1 Å². The minimum Gasteiger partial charge on any atom is -0.383 e. The fourth-order valence-electron chi connectivity index (χ4n) is 1.99. The predicted octanol–water partition coefficient (Wildman–Crippen LogP) is 2.29. The van der Waals surface area contributed by atoms with Gasteiger partial charge in [0.1, 0.15) is 0 Å². The molecule has 0 aromatic heterocycles. The van der Waals surface area contributed by atoms with E-state index in [0.717, 1.165) is 0 Å². The zero-order valence-electron chi connectivity index (χ0n) is 11.8. The summed E-state index contributed by atoms with van der Waals surface area (Å²) < 4.78 is 4.89. The van der Waals surface area contributed by atoms with Gasteiger partial charge in [0, 0.05) is 24.8 Å². The highest BCUT2D eigenvalue weighted by atomic mass is 16.5. The van der Waals surface area contributed by atoms with Gasteiger partial charge >= 0.3 is 0 Å². The molecule has 2 aromatic rings. The molecule has 0 fully saturated rings. The molecule has 0 radical (unpaired) electrons. The smallest absolute Gasteiger partial charge is 0.252 e. The number of methoxy groups -OCH3 is 1. The van der Waals surface area contributed by atoms with E-state index >= 15 is 0 Å². The predicted molar refractivity (Wildman–Crippen MR) is 80.5 cm³/mol. The molecule has 0 bridgehead atoms. The molecule has 4 nitrogen and oxygen atoms in total. The van der Waals surface area contributed by atoms with Crippen LogP contribution in [0.5, 0.6) is 0 Å². The molecule has 0 aliphatic rings.